The van der Waals surface area contributed by atoms with Crippen molar-refractivity contribution in [2.75, 3.05) is 32.1 Å². The van der Waals surface area contributed by atoms with Gasteiger partial charge in [0, 0.05) is 32.2 Å². The van der Waals surface area contributed by atoms with Crippen molar-refractivity contribution in [3.05, 3.63) is 29.8 Å². The summed E-state index contributed by atoms with van der Waals surface area (Å²) in [5, 5.41) is 14.1. The monoisotopic (exact) mass is 433 g/mol. The summed E-state index contributed by atoms with van der Waals surface area (Å²) in [7, 11) is 1.59. The van der Waals surface area contributed by atoms with E-state index in [9.17, 15) is 9.18 Å². The summed E-state index contributed by atoms with van der Waals surface area (Å²) in [6, 6.07) is 4.64. The molecule has 7 nitrogen and oxygen atoms in total. The number of aryl methyl sites for hydroxylation is 1. The van der Waals surface area contributed by atoms with E-state index in [2.05, 4.69) is 25.4 Å². The van der Waals surface area contributed by atoms with Crippen molar-refractivity contribution in [2.45, 2.75) is 32.2 Å². The molecule has 0 unspecified atom stereocenters. The summed E-state index contributed by atoms with van der Waals surface area (Å²) in [6.07, 6.45) is 4.27. The Morgan fingerprint density at radius 1 is 1.25 bits per heavy atom. The smallest absolute Gasteiger partial charge is 0.238 e. The van der Waals surface area contributed by atoms with Gasteiger partial charge in [-0.3, -0.25) is 4.79 Å². The van der Waals surface area contributed by atoms with Crippen LogP contribution in [0, 0.1) is 5.82 Å². The second kappa shape index (κ2) is 12.0. The number of nitrogens with one attached hydrogen (secondary N) is 2. The predicted molar refractivity (Wildman–Crippen MR) is 111 cm³/mol. The molecular formula is C18H26Cl2FN5O2. The predicted octanol–water partition coefficient (Wildman–Crippen LogP) is 2.83. The Balaban J connectivity index is 0.00000196. The number of carbonyl (C=O) groups is 1. The van der Waals surface area contributed by atoms with E-state index < -0.39 is 5.82 Å². The maximum atomic E-state index is 14.1. The van der Waals surface area contributed by atoms with Gasteiger partial charge < -0.3 is 19.9 Å². The number of halogens is 3. The first kappa shape index (κ1) is 24.3. The van der Waals surface area contributed by atoms with Gasteiger partial charge in [0.15, 0.2) is 5.82 Å². The lowest BCUT2D eigenvalue weighted by Gasteiger charge is -2.11. The van der Waals surface area contributed by atoms with E-state index in [1.165, 1.54) is 12.5 Å². The zero-order valence-electron chi connectivity index (χ0n) is 15.7. The minimum atomic E-state index is -0.477. The van der Waals surface area contributed by atoms with Crippen molar-refractivity contribution in [3.8, 4) is 11.4 Å². The summed E-state index contributed by atoms with van der Waals surface area (Å²) in [4.78, 5) is 12.0. The lowest BCUT2D eigenvalue weighted by Crippen LogP contribution is -2.30. The minimum absolute atomic E-state index is 0. The summed E-state index contributed by atoms with van der Waals surface area (Å²) in [5.74, 6) is 0.900. The molecule has 0 fully saturated rings. The number of amides is 1. The maximum absolute atomic E-state index is 14.1. The molecule has 1 aromatic heterocycles. The third-order valence-electron chi connectivity index (χ3n) is 4.38. The fourth-order valence-corrected chi connectivity index (χ4v) is 3.03. The molecule has 1 aromatic carbocycles. The average molecular weight is 434 g/mol. The second-order valence-corrected chi connectivity index (χ2v) is 6.31. The van der Waals surface area contributed by atoms with Crippen molar-refractivity contribution in [2.24, 2.45) is 0 Å². The Labute approximate surface area is 176 Å². The first-order valence-electron chi connectivity index (χ1n) is 8.90. The van der Waals surface area contributed by atoms with E-state index in [4.69, 9.17) is 4.74 Å². The van der Waals surface area contributed by atoms with Gasteiger partial charge in [0.1, 0.15) is 11.6 Å². The fraction of sp³-hybridized carbons (Fsp3) is 0.500. The number of ether oxygens (including phenoxy) is 1. The highest BCUT2D eigenvalue weighted by molar-refractivity contribution is 5.93. The van der Waals surface area contributed by atoms with Crippen LogP contribution < -0.4 is 10.6 Å². The van der Waals surface area contributed by atoms with E-state index in [-0.39, 0.29) is 43.0 Å². The molecule has 0 atom stereocenters. The van der Waals surface area contributed by atoms with Crippen LogP contribution in [-0.4, -0.2) is 47.5 Å². The zero-order valence-corrected chi connectivity index (χ0v) is 17.4. The Morgan fingerprint density at radius 2 is 2.07 bits per heavy atom. The van der Waals surface area contributed by atoms with Gasteiger partial charge in [-0.15, -0.1) is 35.0 Å². The van der Waals surface area contributed by atoms with Crippen molar-refractivity contribution >= 4 is 36.4 Å². The number of nitrogens with zero attached hydrogens (tertiary/aromatic N) is 3. The Morgan fingerprint density at radius 3 is 2.86 bits per heavy atom. The highest BCUT2D eigenvalue weighted by atomic mass is 35.5. The van der Waals surface area contributed by atoms with Gasteiger partial charge in [0.05, 0.1) is 18.8 Å². The van der Waals surface area contributed by atoms with E-state index in [1.807, 2.05) is 0 Å². The standard InChI is InChI=1S/C18H24FN5O2.2ClH/c1-26-10-8-20-12-17(25)21-15-11-13(6-7-14(15)19)18-23-22-16-5-3-2-4-9-24(16)18;;/h6-7,11,20H,2-5,8-10,12H2,1H3,(H,21,25);2*1H. The Hall–Kier alpha value is -1.74. The highest BCUT2D eigenvalue weighted by Crippen LogP contribution is 2.26. The van der Waals surface area contributed by atoms with Gasteiger partial charge in [0.2, 0.25) is 5.91 Å². The van der Waals surface area contributed by atoms with E-state index in [0.29, 0.717) is 13.2 Å². The number of methoxy groups -OCH3 is 1. The lowest BCUT2D eigenvalue weighted by molar-refractivity contribution is -0.115. The molecule has 2 N–H and O–H groups in total. The molecule has 10 heteroatoms. The molecule has 3 rings (SSSR count). The van der Waals surface area contributed by atoms with Crippen LogP contribution in [0.15, 0.2) is 18.2 Å². The number of fused-ring (bicyclic) bond motifs is 1. The van der Waals surface area contributed by atoms with Crippen LogP contribution in [-0.2, 0) is 22.5 Å². The molecule has 0 aliphatic carbocycles. The molecule has 1 aliphatic rings. The molecule has 156 valence electrons. The van der Waals surface area contributed by atoms with Crippen LogP contribution >= 0.6 is 24.8 Å². The normalized spacial score (nSPS) is 12.9. The number of hydrogen-bond donors (Lipinski definition) is 2. The number of rotatable bonds is 7. The van der Waals surface area contributed by atoms with E-state index in [0.717, 1.165) is 43.0 Å². The molecule has 1 amide bonds. The topological polar surface area (TPSA) is 81.1 Å². The summed E-state index contributed by atoms with van der Waals surface area (Å²) in [5.41, 5.74) is 0.890. The van der Waals surface area contributed by atoms with Crippen LogP contribution in [0.5, 0.6) is 0 Å². The largest absolute Gasteiger partial charge is 0.383 e. The maximum Gasteiger partial charge on any atom is 0.238 e. The minimum Gasteiger partial charge on any atom is -0.383 e. The summed E-state index contributed by atoms with van der Waals surface area (Å²) in [6.45, 7) is 2.01. The first-order valence-corrected chi connectivity index (χ1v) is 8.90. The van der Waals surface area contributed by atoms with Crippen LogP contribution in [0.3, 0.4) is 0 Å². The molecule has 0 spiro atoms. The number of aromatic nitrogens is 3. The Kier molecular flexibility index (Phi) is 10.4. The second-order valence-electron chi connectivity index (χ2n) is 6.31. The van der Waals surface area contributed by atoms with Crippen molar-refractivity contribution in [1.29, 1.82) is 0 Å². The third kappa shape index (κ3) is 6.13. The molecule has 28 heavy (non-hydrogen) atoms. The lowest BCUT2D eigenvalue weighted by atomic mass is 10.1. The molecule has 0 saturated carbocycles. The van der Waals surface area contributed by atoms with Gasteiger partial charge in [-0.05, 0) is 31.0 Å². The first-order chi connectivity index (χ1) is 12.7. The molecule has 0 saturated heterocycles. The fourth-order valence-electron chi connectivity index (χ4n) is 3.03. The number of anilines is 1. The molecule has 2 heterocycles. The van der Waals surface area contributed by atoms with E-state index in [1.54, 1.807) is 19.2 Å². The highest BCUT2D eigenvalue weighted by Gasteiger charge is 2.17. The van der Waals surface area contributed by atoms with Crippen LogP contribution in [0.2, 0.25) is 0 Å². The molecule has 1 aliphatic heterocycles. The van der Waals surface area contributed by atoms with Crippen LogP contribution in [0.1, 0.15) is 25.1 Å². The third-order valence-corrected chi connectivity index (χ3v) is 4.38. The summed E-state index contributed by atoms with van der Waals surface area (Å²) < 4.78 is 21.1. The molecular weight excluding hydrogens is 408 g/mol. The van der Waals surface area contributed by atoms with Gasteiger partial charge >= 0.3 is 0 Å². The number of benzene rings is 1. The van der Waals surface area contributed by atoms with Gasteiger partial charge in [0.25, 0.3) is 0 Å². The molecule has 2 aromatic rings. The van der Waals surface area contributed by atoms with Gasteiger partial charge in [-0.25, -0.2) is 4.39 Å². The average Bonchev–Trinajstić information content (AvgIpc) is 2.89. The summed E-state index contributed by atoms with van der Waals surface area (Å²) >= 11 is 0. The van der Waals surface area contributed by atoms with Crippen LogP contribution in [0.25, 0.3) is 11.4 Å². The Bertz CT molecular complexity index is 772. The van der Waals surface area contributed by atoms with Gasteiger partial charge in [-0.2, -0.15) is 0 Å². The SMILES string of the molecule is COCCNCC(=O)Nc1cc(-c2nnc3n2CCCCC3)ccc1F.Cl.Cl. The quantitative estimate of drug-likeness (QED) is 0.656. The van der Waals surface area contributed by atoms with Gasteiger partial charge in [-0.1, -0.05) is 6.42 Å². The molecule has 0 bridgehead atoms. The number of carbonyl (C=O) groups excluding carboxylic acids is 1. The molecule has 0 radical (unpaired) electrons. The van der Waals surface area contributed by atoms with Crippen molar-refractivity contribution in [1.82, 2.24) is 20.1 Å². The van der Waals surface area contributed by atoms with Crippen molar-refractivity contribution < 1.29 is 13.9 Å². The van der Waals surface area contributed by atoms with Crippen LogP contribution in [0.4, 0.5) is 10.1 Å². The number of hydrogen-bond acceptors (Lipinski definition) is 5. The van der Waals surface area contributed by atoms with Crippen molar-refractivity contribution in [3.63, 3.8) is 0 Å². The zero-order chi connectivity index (χ0) is 18.4. The van der Waals surface area contributed by atoms with E-state index >= 15 is 0 Å².